The minimum atomic E-state index is -0.195. The van der Waals surface area contributed by atoms with Gasteiger partial charge in [-0.05, 0) is 54.8 Å². The zero-order chi connectivity index (χ0) is 21.3. The molecule has 0 unspecified atom stereocenters. The lowest BCUT2D eigenvalue weighted by Crippen LogP contribution is -2.36. The van der Waals surface area contributed by atoms with E-state index in [2.05, 4.69) is 25.7 Å². The Hall–Kier alpha value is -3.48. The van der Waals surface area contributed by atoms with Crippen molar-refractivity contribution in [1.29, 1.82) is 0 Å². The van der Waals surface area contributed by atoms with Gasteiger partial charge in [0.25, 0.3) is 0 Å². The second-order valence-corrected chi connectivity index (χ2v) is 8.37. The quantitative estimate of drug-likeness (QED) is 0.423. The van der Waals surface area contributed by atoms with E-state index in [-0.39, 0.29) is 11.2 Å². The predicted molar refractivity (Wildman–Crippen MR) is 121 cm³/mol. The van der Waals surface area contributed by atoms with E-state index in [9.17, 15) is 4.39 Å². The highest BCUT2D eigenvalue weighted by molar-refractivity contribution is 5.91. The molecule has 2 heterocycles. The van der Waals surface area contributed by atoms with Gasteiger partial charge in [-0.15, -0.1) is 10.2 Å². The standard InChI is InChI=1S/C24H25FN6/c25-18-7-5-17(6-8-18)24(12-2-1-3-13-24)15-27-22-11-10-20(28-30-22)16-4-9-21-19(14-16)23(26)31-29-21/h4-11,14H,1-3,12-13,15H2,(H,27,30)(H3,26,29,31). The Labute approximate surface area is 180 Å². The summed E-state index contributed by atoms with van der Waals surface area (Å²) in [6.07, 6.45) is 5.79. The molecule has 2 aromatic carbocycles. The molecule has 4 aromatic rings. The molecular weight excluding hydrogens is 391 g/mol. The van der Waals surface area contributed by atoms with E-state index in [0.29, 0.717) is 5.82 Å². The number of nitrogens with zero attached hydrogens (tertiary/aromatic N) is 3. The summed E-state index contributed by atoms with van der Waals surface area (Å²) < 4.78 is 13.5. The molecule has 4 N–H and O–H groups in total. The van der Waals surface area contributed by atoms with Crippen molar-refractivity contribution in [3.8, 4) is 11.3 Å². The van der Waals surface area contributed by atoms with E-state index in [1.54, 1.807) is 12.1 Å². The number of hydrogen-bond acceptors (Lipinski definition) is 5. The monoisotopic (exact) mass is 416 g/mol. The zero-order valence-electron chi connectivity index (χ0n) is 17.2. The molecule has 31 heavy (non-hydrogen) atoms. The summed E-state index contributed by atoms with van der Waals surface area (Å²) in [5.74, 6) is 1.01. The minimum Gasteiger partial charge on any atom is -0.382 e. The first-order chi connectivity index (χ1) is 15.1. The van der Waals surface area contributed by atoms with Gasteiger partial charge in [-0.25, -0.2) is 4.39 Å². The van der Waals surface area contributed by atoms with E-state index in [4.69, 9.17) is 5.73 Å². The number of hydrogen-bond donors (Lipinski definition) is 3. The third kappa shape index (κ3) is 3.83. The van der Waals surface area contributed by atoms with Gasteiger partial charge in [0.2, 0.25) is 0 Å². The molecule has 1 saturated carbocycles. The normalized spacial score (nSPS) is 15.8. The van der Waals surface area contributed by atoms with Crippen LogP contribution in [0.15, 0.2) is 54.6 Å². The van der Waals surface area contributed by atoms with Crippen molar-refractivity contribution in [2.75, 3.05) is 17.6 Å². The molecule has 0 spiro atoms. The molecule has 158 valence electrons. The van der Waals surface area contributed by atoms with Crippen LogP contribution in [0, 0.1) is 5.82 Å². The van der Waals surface area contributed by atoms with Crippen molar-refractivity contribution in [3.63, 3.8) is 0 Å². The Balaban J connectivity index is 1.34. The lowest BCUT2D eigenvalue weighted by molar-refractivity contribution is 0.307. The fourth-order valence-electron chi connectivity index (χ4n) is 4.63. The van der Waals surface area contributed by atoms with Crippen LogP contribution in [0.4, 0.5) is 16.0 Å². The maximum Gasteiger partial charge on any atom is 0.153 e. The molecule has 0 saturated heterocycles. The number of nitrogens with two attached hydrogens (primary N) is 1. The minimum absolute atomic E-state index is 0.00382. The van der Waals surface area contributed by atoms with Gasteiger partial charge in [-0.1, -0.05) is 37.5 Å². The summed E-state index contributed by atoms with van der Waals surface area (Å²) >= 11 is 0. The van der Waals surface area contributed by atoms with Crippen LogP contribution in [0.2, 0.25) is 0 Å². The number of rotatable bonds is 5. The van der Waals surface area contributed by atoms with E-state index in [1.807, 2.05) is 42.5 Å². The molecule has 1 aliphatic rings. The molecular formula is C24H25FN6. The lowest BCUT2D eigenvalue weighted by atomic mass is 9.69. The van der Waals surface area contributed by atoms with Crippen LogP contribution in [0.1, 0.15) is 37.7 Å². The lowest BCUT2D eigenvalue weighted by Gasteiger charge is -2.38. The third-order valence-electron chi connectivity index (χ3n) is 6.43. The number of nitrogens with one attached hydrogen (secondary N) is 2. The van der Waals surface area contributed by atoms with Crippen LogP contribution in [0.3, 0.4) is 0 Å². The Morgan fingerprint density at radius 3 is 2.52 bits per heavy atom. The first kappa shape index (κ1) is 19.5. The van der Waals surface area contributed by atoms with Crippen molar-refractivity contribution in [1.82, 2.24) is 20.4 Å². The fraction of sp³-hybridized carbons (Fsp3) is 0.292. The second kappa shape index (κ2) is 7.98. The highest BCUT2D eigenvalue weighted by Gasteiger charge is 2.33. The largest absolute Gasteiger partial charge is 0.382 e. The summed E-state index contributed by atoms with van der Waals surface area (Å²) in [5, 5.41) is 20.1. The van der Waals surface area contributed by atoms with Crippen LogP contribution in [0.5, 0.6) is 0 Å². The van der Waals surface area contributed by atoms with Crippen molar-refractivity contribution in [2.24, 2.45) is 0 Å². The van der Waals surface area contributed by atoms with Gasteiger partial charge >= 0.3 is 0 Å². The van der Waals surface area contributed by atoms with Gasteiger partial charge in [0.1, 0.15) is 11.6 Å². The van der Waals surface area contributed by atoms with Crippen molar-refractivity contribution >= 4 is 22.5 Å². The summed E-state index contributed by atoms with van der Waals surface area (Å²) in [6, 6.07) is 16.8. The number of benzene rings is 2. The Kier molecular flexibility index (Phi) is 5.02. The van der Waals surface area contributed by atoms with Crippen LogP contribution in [0.25, 0.3) is 22.2 Å². The number of anilines is 2. The van der Waals surface area contributed by atoms with Crippen LogP contribution in [-0.4, -0.2) is 26.9 Å². The average molecular weight is 417 g/mol. The number of aromatic nitrogens is 4. The number of aromatic amines is 1. The van der Waals surface area contributed by atoms with E-state index in [1.165, 1.54) is 24.8 Å². The van der Waals surface area contributed by atoms with E-state index < -0.39 is 0 Å². The molecule has 0 radical (unpaired) electrons. The smallest absolute Gasteiger partial charge is 0.153 e. The summed E-state index contributed by atoms with van der Waals surface area (Å²) in [4.78, 5) is 0. The summed E-state index contributed by atoms with van der Waals surface area (Å²) in [6.45, 7) is 0.754. The topological polar surface area (TPSA) is 92.5 Å². The Morgan fingerprint density at radius 2 is 1.77 bits per heavy atom. The van der Waals surface area contributed by atoms with Crippen LogP contribution in [-0.2, 0) is 5.41 Å². The molecule has 0 bridgehead atoms. The van der Waals surface area contributed by atoms with Crippen LogP contribution < -0.4 is 11.1 Å². The second-order valence-electron chi connectivity index (χ2n) is 8.37. The van der Waals surface area contributed by atoms with Gasteiger partial charge in [0.05, 0.1) is 11.2 Å². The highest BCUT2D eigenvalue weighted by atomic mass is 19.1. The zero-order valence-corrected chi connectivity index (χ0v) is 17.2. The van der Waals surface area contributed by atoms with Crippen LogP contribution >= 0.6 is 0 Å². The average Bonchev–Trinajstić information content (AvgIpc) is 3.19. The number of nitrogen functional groups attached to an aromatic ring is 1. The number of H-pyrrole nitrogens is 1. The van der Waals surface area contributed by atoms with Crippen molar-refractivity contribution in [2.45, 2.75) is 37.5 Å². The molecule has 0 atom stereocenters. The summed E-state index contributed by atoms with van der Waals surface area (Å²) in [7, 11) is 0. The molecule has 6 nitrogen and oxygen atoms in total. The number of halogens is 1. The van der Waals surface area contributed by atoms with Crippen molar-refractivity contribution in [3.05, 3.63) is 66.0 Å². The molecule has 1 aliphatic carbocycles. The molecule has 0 aliphatic heterocycles. The Morgan fingerprint density at radius 1 is 0.968 bits per heavy atom. The van der Waals surface area contributed by atoms with E-state index in [0.717, 1.165) is 47.4 Å². The maximum absolute atomic E-state index is 13.5. The number of fused-ring (bicyclic) bond motifs is 1. The van der Waals surface area contributed by atoms with Gasteiger partial charge in [0.15, 0.2) is 5.82 Å². The van der Waals surface area contributed by atoms with Gasteiger partial charge in [-0.2, -0.15) is 5.10 Å². The molecule has 5 rings (SSSR count). The van der Waals surface area contributed by atoms with Gasteiger partial charge < -0.3 is 11.1 Å². The van der Waals surface area contributed by atoms with Gasteiger partial charge in [0, 0.05) is 22.9 Å². The van der Waals surface area contributed by atoms with E-state index >= 15 is 0 Å². The Bertz CT molecular complexity index is 1180. The summed E-state index contributed by atoms with van der Waals surface area (Å²) in [5.41, 5.74) is 9.72. The molecule has 1 fully saturated rings. The SMILES string of the molecule is Nc1n[nH]c2ccc(-c3ccc(NCC4(c5ccc(F)cc5)CCCCC4)nn3)cc12. The first-order valence-corrected chi connectivity index (χ1v) is 10.7. The molecule has 2 aromatic heterocycles. The highest BCUT2D eigenvalue weighted by Crippen LogP contribution is 2.39. The molecule has 7 heteroatoms. The first-order valence-electron chi connectivity index (χ1n) is 10.7. The predicted octanol–water partition coefficient (Wildman–Crippen LogP) is 5.06. The maximum atomic E-state index is 13.5. The van der Waals surface area contributed by atoms with Gasteiger partial charge in [-0.3, -0.25) is 5.10 Å². The third-order valence-corrected chi connectivity index (χ3v) is 6.43. The molecule has 0 amide bonds. The fourth-order valence-corrected chi connectivity index (χ4v) is 4.63. The van der Waals surface area contributed by atoms with Crippen molar-refractivity contribution < 1.29 is 4.39 Å².